The van der Waals surface area contributed by atoms with Crippen LogP contribution in [0.25, 0.3) is 0 Å². The summed E-state index contributed by atoms with van der Waals surface area (Å²) < 4.78 is 0. The molecule has 0 saturated heterocycles. The number of nitrogens with zero attached hydrogens (tertiary/aromatic N) is 2. The van der Waals surface area contributed by atoms with E-state index < -0.39 is 0 Å². The smallest absolute Gasteiger partial charge is 0.272 e. The molecule has 1 heterocycles. The van der Waals surface area contributed by atoms with Gasteiger partial charge in [0.2, 0.25) is 0 Å². The lowest BCUT2D eigenvalue weighted by Crippen LogP contribution is -2.33. The normalized spacial score (nSPS) is 10.2. The monoisotopic (exact) mass is 207 g/mol. The Hall–Kier alpha value is -1.58. The van der Waals surface area contributed by atoms with E-state index >= 15 is 0 Å². The molecule has 0 spiro atoms. The van der Waals surface area contributed by atoms with Crippen LogP contribution < -0.4 is 5.32 Å². The molecule has 4 heteroatoms. The van der Waals surface area contributed by atoms with Crippen LogP contribution in [0.5, 0.6) is 0 Å². The first kappa shape index (κ1) is 11.5. The molecule has 1 amide bonds. The van der Waals surface area contributed by atoms with Gasteiger partial charge in [-0.25, -0.2) is 0 Å². The van der Waals surface area contributed by atoms with Crippen LogP contribution >= 0.6 is 0 Å². The van der Waals surface area contributed by atoms with Gasteiger partial charge in [-0.05, 0) is 26.0 Å². The minimum Gasteiger partial charge on any atom is -0.388 e. The fraction of sp³-hybridized carbons (Fsp3) is 0.455. The fourth-order valence-corrected chi connectivity index (χ4v) is 1.12. The summed E-state index contributed by atoms with van der Waals surface area (Å²) in [6.45, 7) is 3.94. The maximum absolute atomic E-state index is 11.9. The molecule has 1 aromatic rings. The van der Waals surface area contributed by atoms with Crippen LogP contribution in [0, 0.1) is 0 Å². The van der Waals surface area contributed by atoms with E-state index in [-0.39, 0.29) is 11.9 Å². The van der Waals surface area contributed by atoms with Crippen molar-refractivity contribution in [2.24, 2.45) is 0 Å². The maximum Gasteiger partial charge on any atom is 0.272 e. The molecular weight excluding hydrogens is 190 g/mol. The molecule has 1 N–H and O–H groups in total. The van der Waals surface area contributed by atoms with Crippen molar-refractivity contribution in [3.63, 3.8) is 0 Å². The number of carbonyl (C=O) groups excluding carboxylic acids is 1. The summed E-state index contributed by atoms with van der Waals surface area (Å²) in [6, 6.07) is 3.76. The number of hydrogen-bond donors (Lipinski definition) is 1. The SMILES string of the molecule is CNc1ccnc(C(=O)N(C)C(C)C)c1. The predicted octanol–water partition coefficient (Wildman–Crippen LogP) is 1.60. The first-order valence-corrected chi connectivity index (χ1v) is 4.97. The van der Waals surface area contributed by atoms with Crippen molar-refractivity contribution in [3.8, 4) is 0 Å². The standard InChI is InChI=1S/C11H17N3O/c1-8(2)14(4)11(15)10-7-9(12-3)5-6-13-10/h5-8H,1-4H3,(H,12,13). The second kappa shape index (κ2) is 4.77. The number of carbonyl (C=O) groups is 1. The number of rotatable bonds is 3. The van der Waals surface area contributed by atoms with Crippen molar-refractivity contribution >= 4 is 11.6 Å². The quantitative estimate of drug-likeness (QED) is 0.819. The zero-order valence-corrected chi connectivity index (χ0v) is 9.61. The number of pyridine rings is 1. The van der Waals surface area contributed by atoms with E-state index in [1.165, 1.54) is 0 Å². The van der Waals surface area contributed by atoms with Gasteiger partial charge in [0.1, 0.15) is 5.69 Å². The van der Waals surface area contributed by atoms with E-state index in [1.807, 2.05) is 27.0 Å². The lowest BCUT2D eigenvalue weighted by Gasteiger charge is -2.20. The van der Waals surface area contributed by atoms with E-state index in [0.717, 1.165) is 5.69 Å². The molecule has 0 radical (unpaired) electrons. The van der Waals surface area contributed by atoms with Gasteiger partial charge < -0.3 is 10.2 Å². The maximum atomic E-state index is 11.9. The lowest BCUT2D eigenvalue weighted by molar-refractivity contribution is 0.0749. The van der Waals surface area contributed by atoms with E-state index in [9.17, 15) is 4.79 Å². The third-order valence-corrected chi connectivity index (χ3v) is 2.36. The number of aromatic nitrogens is 1. The molecule has 4 nitrogen and oxygen atoms in total. The van der Waals surface area contributed by atoms with Crippen molar-refractivity contribution in [2.75, 3.05) is 19.4 Å². The van der Waals surface area contributed by atoms with Crippen LogP contribution in [-0.4, -0.2) is 35.9 Å². The minimum absolute atomic E-state index is 0.0536. The molecule has 0 aliphatic heterocycles. The summed E-state index contributed by atoms with van der Waals surface area (Å²) in [5.74, 6) is -0.0536. The van der Waals surface area contributed by atoms with Gasteiger partial charge in [0.05, 0.1) is 0 Å². The number of amides is 1. The van der Waals surface area contributed by atoms with E-state index in [4.69, 9.17) is 0 Å². The van der Waals surface area contributed by atoms with E-state index in [2.05, 4.69) is 10.3 Å². The van der Waals surface area contributed by atoms with Gasteiger partial charge in [-0.1, -0.05) is 0 Å². The summed E-state index contributed by atoms with van der Waals surface area (Å²) in [6.07, 6.45) is 1.63. The molecule has 0 aromatic carbocycles. The Labute approximate surface area is 90.3 Å². The molecule has 0 fully saturated rings. The zero-order chi connectivity index (χ0) is 11.4. The van der Waals surface area contributed by atoms with Crippen molar-refractivity contribution in [2.45, 2.75) is 19.9 Å². The highest BCUT2D eigenvalue weighted by Crippen LogP contribution is 2.09. The zero-order valence-electron chi connectivity index (χ0n) is 9.61. The summed E-state index contributed by atoms with van der Waals surface area (Å²) in [5.41, 5.74) is 1.36. The van der Waals surface area contributed by atoms with Gasteiger partial charge >= 0.3 is 0 Å². The summed E-state index contributed by atoms with van der Waals surface area (Å²) in [5, 5.41) is 2.98. The van der Waals surface area contributed by atoms with E-state index in [0.29, 0.717) is 5.69 Å². The average Bonchev–Trinajstić information content (AvgIpc) is 2.27. The van der Waals surface area contributed by atoms with E-state index in [1.54, 1.807) is 24.2 Å². The summed E-state index contributed by atoms with van der Waals surface area (Å²) in [7, 11) is 3.59. The number of nitrogens with one attached hydrogen (secondary N) is 1. The molecule has 0 aliphatic carbocycles. The van der Waals surface area contributed by atoms with Gasteiger partial charge in [-0.15, -0.1) is 0 Å². The third-order valence-electron chi connectivity index (χ3n) is 2.36. The first-order valence-electron chi connectivity index (χ1n) is 4.97. The molecule has 0 saturated carbocycles. The molecule has 1 aromatic heterocycles. The Balaban J connectivity index is 2.91. The molecule has 0 unspecified atom stereocenters. The van der Waals surface area contributed by atoms with Crippen molar-refractivity contribution < 1.29 is 4.79 Å². The molecule has 15 heavy (non-hydrogen) atoms. The number of anilines is 1. The molecule has 0 bridgehead atoms. The van der Waals surface area contributed by atoms with Crippen LogP contribution in [0.1, 0.15) is 24.3 Å². The molecular formula is C11H17N3O. The largest absolute Gasteiger partial charge is 0.388 e. The predicted molar refractivity (Wildman–Crippen MR) is 61.0 cm³/mol. The topological polar surface area (TPSA) is 45.2 Å². The Morgan fingerprint density at radius 1 is 1.53 bits per heavy atom. The molecule has 0 aliphatic rings. The van der Waals surface area contributed by atoms with Gasteiger partial charge in [0.15, 0.2) is 0 Å². The summed E-state index contributed by atoms with van der Waals surface area (Å²) >= 11 is 0. The second-order valence-corrected chi connectivity index (χ2v) is 3.69. The van der Waals surface area contributed by atoms with Crippen LogP contribution in [0.4, 0.5) is 5.69 Å². The van der Waals surface area contributed by atoms with Gasteiger partial charge in [-0.2, -0.15) is 0 Å². The van der Waals surface area contributed by atoms with Crippen molar-refractivity contribution in [1.82, 2.24) is 9.88 Å². The lowest BCUT2D eigenvalue weighted by atomic mass is 10.2. The second-order valence-electron chi connectivity index (χ2n) is 3.69. The molecule has 82 valence electrons. The van der Waals surface area contributed by atoms with Crippen molar-refractivity contribution in [1.29, 1.82) is 0 Å². The highest BCUT2D eigenvalue weighted by atomic mass is 16.2. The minimum atomic E-state index is -0.0536. The summed E-state index contributed by atoms with van der Waals surface area (Å²) in [4.78, 5) is 17.6. The highest BCUT2D eigenvalue weighted by molar-refractivity contribution is 5.93. The number of hydrogen-bond acceptors (Lipinski definition) is 3. The van der Waals surface area contributed by atoms with Crippen LogP contribution in [-0.2, 0) is 0 Å². The van der Waals surface area contributed by atoms with Crippen molar-refractivity contribution in [3.05, 3.63) is 24.0 Å². The van der Waals surface area contributed by atoms with Crippen LogP contribution in [0.3, 0.4) is 0 Å². The van der Waals surface area contributed by atoms with Gasteiger partial charge in [-0.3, -0.25) is 9.78 Å². The van der Waals surface area contributed by atoms with Gasteiger partial charge in [0, 0.05) is 32.0 Å². The first-order chi connectivity index (χ1) is 7.06. The molecule has 1 rings (SSSR count). The van der Waals surface area contributed by atoms with Crippen LogP contribution in [0.2, 0.25) is 0 Å². The Bertz CT molecular complexity index is 349. The third kappa shape index (κ3) is 2.68. The Morgan fingerprint density at radius 2 is 2.20 bits per heavy atom. The average molecular weight is 207 g/mol. The molecule has 0 atom stereocenters. The fourth-order valence-electron chi connectivity index (χ4n) is 1.12. The van der Waals surface area contributed by atoms with Gasteiger partial charge in [0.25, 0.3) is 5.91 Å². The highest BCUT2D eigenvalue weighted by Gasteiger charge is 2.15. The van der Waals surface area contributed by atoms with Crippen LogP contribution in [0.15, 0.2) is 18.3 Å². The Morgan fingerprint density at radius 3 is 2.73 bits per heavy atom. The Kier molecular flexibility index (Phi) is 3.66.